The van der Waals surface area contributed by atoms with E-state index in [1.807, 2.05) is 24.9 Å². The first-order valence-electron chi connectivity index (χ1n) is 8.27. The summed E-state index contributed by atoms with van der Waals surface area (Å²) in [7, 11) is 2.02. The van der Waals surface area contributed by atoms with Crippen LogP contribution in [0.3, 0.4) is 0 Å². The minimum Gasteiger partial charge on any atom is -0.287 e. The van der Waals surface area contributed by atoms with Gasteiger partial charge in [0.2, 0.25) is 0 Å². The predicted molar refractivity (Wildman–Crippen MR) is 85.9 cm³/mol. The Morgan fingerprint density at radius 1 is 1.30 bits per heavy atom. The quantitative estimate of drug-likeness (QED) is 0.727. The molecule has 6 heteroatoms. The minimum atomic E-state index is 0.458. The van der Waals surface area contributed by atoms with E-state index in [-0.39, 0.29) is 0 Å². The van der Waals surface area contributed by atoms with Crippen LogP contribution in [0.25, 0.3) is 5.65 Å². The molecular weight excluding hydrogens is 288 g/mol. The number of aromatic nitrogens is 5. The number of hydrogen-bond donors (Lipinski definition) is 0. The molecule has 2 aliphatic rings. The Morgan fingerprint density at radius 2 is 2.22 bits per heavy atom. The van der Waals surface area contributed by atoms with Crippen molar-refractivity contribution in [2.45, 2.75) is 44.8 Å². The summed E-state index contributed by atoms with van der Waals surface area (Å²) in [6, 6.07) is 5.23. The van der Waals surface area contributed by atoms with Crippen molar-refractivity contribution in [3.63, 3.8) is 0 Å². The first-order chi connectivity index (χ1) is 11.2. The summed E-state index contributed by atoms with van der Waals surface area (Å²) in [6.07, 6.45) is 7.48. The third-order valence-corrected chi connectivity index (χ3v) is 5.44. The highest BCUT2D eigenvalue weighted by molar-refractivity contribution is 5.44. The molecule has 2 aliphatic heterocycles. The summed E-state index contributed by atoms with van der Waals surface area (Å²) in [5.74, 6) is 0. The zero-order chi connectivity index (χ0) is 15.6. The Labute approximate surface area is 134 Å². The van der Waals surface area contributed by atoms with Crippen molar-refractivity contribution in [1.29, 1.82) is 0 Å². The van der Waals surface area contributed by atoms with Crippen LogP contribution in [0.2, 0.25) is 0 Å². The van der Waals surface area contributed by atoms with Gasteiger partial charge >= 0.3 is 0 Å². The van der Waals surface area contributed by atoms with Crippen molar-refractivity contribution in [1.82, 2.24) is 29.3 Å². The van der Waals surface area contributed by atoms with E-state index in [4.69, 9.17) is 0 Å². The molecule has 5 heterocycles. The largest absolute Gasteiger partial charge is 0.287 e. The average molecular weight is 308 g/mol. The topological polar surface area (TPSA) is 51.2 Å². The van der Waals surface area contributed by atoms with Crippen LogP contribution in [0.5, 0.6) is 0 Å². The first kappa shape index (κ1) is 13.2. The van der Waals surface area contributed by atoms with Crippen LogP contribution in [-0.2, 0) is 20.0 Å². The molecule has 0 saturated carbocycles. The fraction of sp³-hybridized carbons (Fsp3) is 0.471. The van der Waals surface area contributed by atoms with Gasteiger partial charge in [-0.05, 0) is 25.8 Å². The number of nitrogens with zero attached hydrogens (tertiary/aromatic N) is 6. The predicted octanol–water partition coefficient (Wildman–Crippen LogP) is 2.03. The van der Waals surface area contributed by atoms with Gasteiger partial charge in [0, 0.05) is 56.1 Å². The van der Waals surface area contributed by atoms with Crippen LogP contribution in [0.1, 0.15) is 41.5 Å². The standard InChI is InChI=1S/C17H20N6/c1-11-7-17-18-9-14-15-4-3-12(8-16(14)23(17)20-11)22(15)10-13-5-6-19-21(13)2/h5-7,9,12,15H,3-4,8,10H2,1-2H3/t12-,15-/m1/s1. The molecule has 5 rings (SSSR count). The Bertz CT molecular complexity index is 892. The third-order valence-electron chi connectivity index (χ3n) is 5.44. The van der Waals surface area contributed by atoms with E-state index < -0.39 is 0 Å². The molecule has 23 heavy (non-hydrogen) atoms. The highest BCUT2D eigenvalue weighted by Gasteiger charge is 2.41. The molecule has 0 N–H and O–H groups in total. The molecule has 2 bridgehead atoms. The van der Waals surface area contributed by atoms with E-state index in [2.05, 4.69) is 42.9 Å². The summed E-state index contributed by atoms with van der Waals surface area (Å²) in [6.45, 7) is 2.99. The zero-order valence-corrected chi connectivity index (χ0v) is 13.5. The van der Waals surface area contributed by atoms with Crippen molar-refractivity contribution in [3.05, 3.63) is 47.2 Å². The SMILES string of the molecule is Cc1cc2ncc3c(n2n1)C[C@H]1CC[C@H]3N1Cc1ccnn1C. The Kier molecular flexibility index (Phi) is 2.68. The molecule has 3 aromatic heterocycles. The second-order valence-corrected chi connectivity index (χ2v) is 6.79. The maximum Gasteiger partial charge on any atom is 0.155 e. The van der Waals surface area contributed by atoms with E-state index in [9.17, 15) is 0 Å². The van der Waals surface area contributed by atoms with Crippen LogP contribution in [0.4, 0.5) is 0 Å². The molecule has 0 aliphatic carbocycles. The van der Waals surface area contributed by atoms with Crippen molar-refractivity contribution in [2.24, 2.45) is 7.05 Å². The van der Waals surface area contributed by atoms with Gasteiger partial charge in [-0.15, -0.1) is 0 Å². The first-order valence-corrected chi connectivity index (χ1v) is 8.27. The van der Waals surface area contributed by atoms with Crippen molar-refractivity contribution in [2.75, 3.05) is 0 Å². The van der Waals surface area contributed by atoms with Gasteiger partial charge in [-0.1, -0.05) is 0 Å². The lowest BCUT2D eigenvalue weighted by Gasteiger charge is -2.36. The molecule has 6 nitrogen and oxygen atoms in total. The molecule has 0 radical (unpaired) electrons. The maximum absolute atomic E-state index is 4.66. The second kappa shape index (κ2) is 4.64. The number of fused-ring (bicyclic) bond motifs is 6. The highest BCUT2D eigenvalue weighted by atomic mass is 15.3. The van der Waals surface area contributed by atoms with Crippen LogP contribution in [0.15, 0.2) is 24.5 Å². The Balaban J connectivity index is 1.57. The van der Waals surface area contributed by atoms with Crippen LogP contribution in [0, 0.1) is 6.92 Å². The van der Waals surface area contributed by atoms with E-state index in [0.29, 0.717) is 12.1 Å². The molecule has 0 unspecified atom stereocenters. The number of aryl methyl sites for hydroxylation is 2. The van der Waals surface area contributed by atoms with Crippen LogP contribution >= 0.6 is 0 Å². The maximum atomic E-state index is 4.66. The molecule has 0 aromatic carbocycles. The minimum absolute atomic E-state index is 0.458. The lowest BCUT2D eigenvalue weighted by atomic mass is 9.99. The Hall–Kier alpha value is -2.21. The van der Waals surface area contributed by atoms with Crippen molar-refractivity contribution >= 4 is 5.65 Å². The third kappa shape index (κ3) is 1.88. The summed E-state index contributed by atoms with van der Waals surface area (Å²) in [4.78, 5) is 7.27. The van der Waals surface area contributed by atoms with Gasteiger partial charge in [-0.25, -0.2) is 9.50 Å². The fourth-order valence-electron chi connectivity index (χ4n) is 4.29. The number of hydrogen-bond acceptors (Lipinski definition) is 4. The van der Waals surface area contributed by atoms with Crippen LogP contribution < -0.4 is 0 Å². The van der Waals surface area contributed by atoms with E-state index in [1.165, 1.54) is 29.8 Å². The lowest BCUT2D eigenvalue weighted by Crippen LogP contribution is -2.38. The molecule has 1 saturated heterocycles. The normalized spacial score (nSPS) is 23.6. The van der Waals surface area contributed by atoms with Crippen LogP contribution in [-0.4, -0.2) is 35.3 Å². The zero-order valence-electron chi connectivity index (χ0n) is 13.5. The van der Waals surface area contributed by atoms with E-state index >= 15 is 0 Å². The molecule has 3 aromatic rings. The smallest absolute Gasteiger partial charge is 0.155 e. The molecular formula is C17H20N6. The van der Waals surface area contributed by atoms with Crippen molar-refractivity contribution in [3.8, 4) is 0 Å². The van der Waals surface area contributed by atoms with Gasteiger partial charge < -0.3 is 0 Å². The highest BCUT2D eigenvalue weighted by Crippen LogP contribution is 2.44. The molecule has 1 fully saturated rings. The van der Waals surface area contributed by atoms with E-state index in [1.54, 1.807) is 0 Å². The average Bonchev–Trinajstić information content (AvgIpc) is 3.18. The van der Waals surface area contributed by atoms with Gasteiger partial charge in [-0.2, -0.15) is 10.2 Å². The monoisotopic (exact) mass is 308 g/mol. The van der Waals surface area contributed by atoms with Gasteiger partial charge in [0.1, 0.15) is 0 Å². The molecule has 0 amide bonds. The fourth-order valence-corrected chi connectivity index (χ4v) is 4.29. The lowest BCUT2D eigenvalue weighted by molar-refractivity contribution is 0.161. The van der Waals surface area contributed by atoms with Gasteiger partial charge in [0.15, 0.2) is 5.65 Å². The number of rotatable bonds is 2. The summed E-state index contributed by atoms with van der Waals surface area (Å²) >= 11 is 0. The van der Waals surface area contributed by atoms with Gasteiger partial charge in [-0.3, -0.25) is 9.58 Å². The molecule has 118 valence electrons. The summed E-state index contributed by atoms with van der Waals surface area (Å²) < 4.78 is 4.05. The second-order valence-electron chi connectivity index (χ2n) is 6.79. The summed E-state index contributed by atoms with van der Waals surface area (Å²) in [5, 5.41) is 8.96. The van der Waals surface area contributed by atoms with Gasteiger partial charge in [0.25, 0.3) is 0 Å². The molecule has 2 atom stereocenters. The van der Waals surface area contributed by atoms with Gasteiger partial charge in [0.05, 0.1) is 17.1 Å². The molecule has 0 spiro atoms. The van der Waals surface area contributed by atoms with Crippen molar-refractivity contribution < 1.29 is 0 Å². The Morgan fingerprint density at radius 3 is 3.04 bits per heavy atom. The summed E-state index contributed by atoms with van der Waals surface area (Å²) in [5.41, 5.74) is 6.00. The van der Waals surface area contributed by atoms with E-state index in [0.717, 1.165) is 24.3 Å².